The summed E-state index contributed by atoms with van der Waals surface area (Å²) in [4.78, 5) is 154. The van der Waals surface area contributed by atoms with Crippen molar-refractivity contribution in [1.82, 2.24) is 0 Å². The van der Waals surface area contributed by atoms with Gasteiger partial charge in [0.2, 0.25) is 0 Å². The predicted octanol–water partition coefficient (Wildman–Crippen LogP) is -19.2. The molecule has 36 heavy (non-hydrogen) atoms. The first-order valence-electron chi connectivity index (χ1n) is 4.38. The van der Waals surface area contributed by atoms with Gasteiger partial charge < -0.3 is 115 Å². The van der Waals surface area contributed by atoms with Crippen molar-refractivity contribution >= 4 is 151 Å². The Kier molecular flexibility index (Phi) is 75.5. The zero-order valence-corrected chi connectivity index (χ0v) is 28.2. The van der Waals surface area contributed by atoms with E-state index in [1.165, 1.54) is 0 Å². The molecule has 0 saturated heterocycles. The average Bonchev–Trinajstić information content (AvgIpc) is 1.94. The summed E-state index contributed by atoms with van der Waals surface area (Å²) in [5, 5.41) is 0. The summed E-state index contributed by atoms with van der Waals surface area (Å²) in [7, 11) is -32.3. The molecule has 0 fully saturated rings. The van der Waals surface area contributed by atoms with E-state index in [2.05, 4.69) is 0 Å². The van der Waals surface area contributed by atoms with Crippen LogP contribution in [0.4, 0.5) is 0 Å². The van der Waals surface area contributed by atoms with Crippen molar-refractivity contribution in [1.29, 1.82) is 0 Å². The molecule has 0 bridgehead atoms. The number of phosphoric acid groups is 6. The Morgan fingerprint density at radius 1 is 0.194 bits per heavy atom. The summed E-state index contributed by atoms with van der Waals surface area (Å²) >= 11 is 0. The molecule has 24 nitrogen and oxygen atoms in total. The second-order valence-corrected chi connectivity index (χ2v) is 8.05. The molecule has 0 heterocycles. The van der Waals surface area contributed by atoms with Crippen molar-refractivity contribution in [2.45, 2.75) is 0 Å². The molecule has 0 aliphatic rings. The summed E-state index contributed by atoms with van der Waals surface area (Å²) < 4.78 is 51.3. The minimum atomic E-state index is -5.39. The SMILES string of the molecule is O=P([O-])([O-])[O-].O=P([O-])([O-])[O-].O=P([O-])([O-])[O-].O=P([O-])([O-])[O-].O=P([O-])([O-])[O-].O=P([O-])([O-])[O-].[Al+3].[Al+3].[Al+3].[Al+3].[Al+3].[Al+3]. The fourth-order valence-corrected chi connectivity index (χ4v) is 0. The van der Waals surface area contributed by atoms with Gasteiger partial charge in [-0.3, -0.25) is 0 Å². The predicted molar refractivity (Wildman–Crippen MR) is 80.2 cm³/mol. The standard InChI is InChI=1S/6Al.6H3O4P/c;;;;;;6*1-5(2,3)4/h;;;;;;6*(H3,1,2,3,4)/q6*+3;;;;;;/p-18. The fraction of sp³-hybridized carbons (Fsp3) is 0. The van der Waals surface area contributed by atoms with Crippen LogP contribution in [0.25, 0.3) is 0 Å². The molecule has 0 spiro atoms. The summed E-state index contributed by atoms with van der Waals surface area (Å²) in [6.07, 6.45) is 0. The molecular weight excluding hydrogens is 732 g/mol. The maximum absolute atomic E-state index is 8.55. The van der Waals surface area contributed by atoms with Crippen LogP contribution in [-0.4, -0.2) is 104 Å². The van der Waals surface area contributed by atoms with Crippen LogP contribution in [0.1, 0.15) is 0 Å². The van der Waals surface area contributed by atoms with Gasteiger partial charge in [-0.15, -0.1) is 0 Å². The van der Waals surface area contributed by atoms with E-state index in [0.717, 1.165) is 0 Å². The number of rotatable bonds is 0. The van der Waals surface area contributed by atoms with E-state index in [1.807, 2.05) is 0 Å². The van der Waals surface area contributed by atoms with Crippen LogP contribution < -0.4 is 88.1 Å². The van der Waals surface area contributed by atoms with E-state index in [-0.39, 0.29) is 104 Å². The van der Waals surface area contributed by atoms with Gasteiger partial charge in [-0.1, -0.05) is 0 Å². The number of hydrogen-bond donors (Lipinski definition) is 0. The van der Waals surface area contributed by atoms with E-state index >= 15 is 0 Å². The van der Waals surface area contributed by atoms with Gasteiger partial charge in [0.1, 0.15) is 0 Å². The first-order valence-corrected chi connectivity index (χ1v) is 13.1. The third-order valence-corrected chi connectivity index (χ3v) is 0. The van der Waals surface area contributed by atoms with Crippen molar-refractivity contribution in [3.05, 3.63) is 0 Å². The Labute approximate surface area is 264 Å². The Morgan fingerprint density at radius 3 is 0.194 bits per heavy atom. The van der Waals surface area contributed by atoms with Crippen LogP contribution in [0, 0.1) is 0 Å². The van der Waals surface area contributed by atoms with Crippen molar-refractivity contribution in [3.8, 4) is 0 Å². The summed E-state index contributed by atoms with van der Waals surface area (Å²) in [5.74, 6) is 0. The van der Waals surface area contributed by atoms with Crippen LogP contribution in [0.3, 0.4) is 0 Å². The fourth-order valence-electron chi connectivity index (χ4n) is 0. The molecule has 0 unspecified atom stereocenters. The van der Waals surface area contributed by atoms with Gasteiger partial charge in [0, 0.05) is 0 Å². The Morgan fingerprint density at radius 2 is 0.194 bits per heavy atom. The van der Waals surface area contributed by atoms with Crippen molar-refractivity contribution in [2.75, 3.05) is 0 Å². The van der Waals surface area contributed by atoms with E-state index in [0.29, 0.717) is 0 Å². The normalized spacial score (nSPS) is 9.83. The third kappa shape index (κ3) is 3460. The molecule has 0 aliphatic carbocycles. The van der Waals surface area contributed by atoms with Crippen molar-refractivity contribution in [2.24, 2.45) is 0 Å². The molecule has 0 N–H and O–H groups in total. The van der Waals surface area contributed by atoms with Gasteiger partial charge in [0.05, 0.1) is 0 Å². The second kappa shape index (κ2) is 35.1. The smallest absolute Gasteiger partial charge is 0.822 e. The van der Waals surface area contributed by atoms with Gasteiger partial charge in [-0.25, -0.2) is 0 Å². The van der Waals surface area contributed by atoms with Gasteiger partial charge >= 0.3 is 104 Å². The average molecular weight is 732 g/mol. The van der Waals surface area contributed by atoms with Crippen LogP contribution in [0.2, 0.25) is 0 Å². The molecule has 0 rings (SSSR count). The van der Waals surface area contributed by atoms with E-state index in [1.54, 1.807) is 0 Å². The maximum Gasteiger partial charge on any atom is 3.00 e. The zero-order chi connectivity index (χ0) is 27.0. The van der Waals surface area contributed by atoms with E-state index < -0.39 is 46.9 Å². The van der Waals surface area contributed by atoms with Crippen LogP contribution >= 0.6 is 46.9 Å². The molecule has 0 aromatic heterocycles. The van der Waals surface area contributed by atoms with Gasteiger partial charge in [-0.05, 0) is 0 Å². The quantitative estimate of drug-likeness (QED) is 0.165. The van der Waals surface area contributed by atoms with Crippen molar-refractivity contribution < 1.29 is 115 Å². The molecule has 192 valence electrons. The molecule has 0 aromatic rings. The maximum atomic E-state index is 8.55. The molecule has 0 atom stereocenters. The largest absolute Gasteiger partial charge is 3.00 e. The van der Waals surface area contributed by atoms with Gasteiger partial charge in [0.15, 0.2) is 0 Å². The third-order valence-electron chi connectivity index (χ3n) is 0. The summed E-state index contributed by atoms with van der Waals surface area (Å²) in [5.41, 5.74) is 0. The molecule has 0 aliphatic heterocycles. The van der Waals surface area contributed by atoms with Crippen molar-refractivity contribution in [3.63, 3.8) is 0 Å². The van der Waals surface area contributed by atoms with Crippen LogP contribution in [0.5, 0.6) is 0 Å². The summed E-state index contributed by atoms with van der Waals surface area (Å²) in [6, 6.07) is 0. The second-order valence-electron chi connectivity index (χ2n) is 2.68. The van der Waals surface area contributed by atoms with Crippen LogP contribution in [-0.2, 0) is 27.4 Å². The molecule has 0 amide bonds. The van der Waals surface area contributed by atoms with Gasteiger partial charge in [0.25, 0.3) is 0 Å². The molecule has 0 radical (unpaired) electrons. The molecule has 0 aromatic carbocycles. The first kappa shape index (κ1) is 77.5. The van der Waals surface area contributed by atoms with E-state index in [4.69, 9.17) is 115 Å². The van der Waals surface area contributed by atoms with Gasteiger partial charge in [-0.2, -0.15) is 46.9 Å². The van der Waals surface area contributed by atoms with E-state index in [9.17, 15) is 0 Å². The Bertz CT molecular complexity index is 477. The molecule has 36 heteroatoms. The first-order chi connectivity index (χ1) is 12.0. The zero-order valence-electron chi connectivity index (χ0n) is 15.9. The molecular formula is Al6O24P6. The Balaban J connectivity index is -0.0000000186. The topological polar surface area (TPSA) is 518 Å². The minimum Gasteiger partial charge on any atom is -0.822 e. The minimum absolute atomic E-state index is 0. The molecule has 0 saturated carbocycles. The Hall–Kier alpha value is 3.85. The summed E-state index contributed by atoms with van der Waals surface area (Å²) in [6.45, 7) is 0. The monoisotopic (exact) mass is 732 g/mol. The number of hydrogen-bond acceptors (Lipinski definition) is 24. The van der Waals surface area contributed by atoms with Crippen LogP contribution in [0.15, 0.2) is 0 Å².